The minimum atomic E-state index is -0.826. The number of halogens is 3. The molecular weight excluding hydrogens is 488 g/mol. The van der Waals surface area contributed by atoms with Crippen LogP contribution in [0.2, 0.25) is 13.1 Å². The van der Waals surface area contributed by atoms with Gasteiger partial charge in [0.15, 0.2) is 0 Å². The molecule has 1 N–H and O–H groups in total. The van der Waals surface area contributed by atoms with E-state index < -0.39 is 20.8 Å². The van der Waals surface area contributed by atoms with Crippen molar-refractivity contribution >= 4 is 53.2 Å². The number of fused-ring (bicyclic) bond motifs is 1. The number of rotatable bonds is 0. The van der Waals surface area contributed by atoms with Gasteiger partial charge in [0.05, 0.1) is 0 Å². The van der Waals surface area contributed by atoms with Crippen molar-refractivity contribution in [1.29, 1.82) is 0 Å². The summed E-state index contributed by atoms with van der Waals surface area (Å²) in [6.07, 6.45) is 0. The van der Waals surface area contributed by atoms with Crippen LogP contribution in [0, 0.1) is 13.8 Å². The Bertz CT molecular complexity index is 506. The van der Waals surface area contributed by atoms with Gasteiger partial charge in [-0.15, -0.1) is 34.0 Å². The maximum atomic E-state index is 6.94. The third-order valence-electron chi connectivity index (χ3n) is 2.29. The summed E-state index contributed by atoms with van der Waals surface area (Å²) in [6, 6.07) is 8.70. The van der Waals surface area contributed by atoms with Crippen molar-refractivity contribution in [1.82, 2.24) is 0 Å². The first-order chi connectivity index (χ1) is 10.5. The fraction of sp³-hybridized carbons (Fsp3) is 0.471. The molecule has 0 amide bonds. The Morgan fingerprint density at radius 2 is 1.48 bits per heavy atom. The summed E-state index contributed by atoms with van der Waals surface area (Å²) in [5.74, 6) is 0. The molecule has 0 saturated carbocycles. The molecule has 0 aromatic heterocycles. The number of hydrogen-bond donors (Lipinski definition) is 0. The molecule has 23 heavy (non-hydrogen) atoms. The third kappa shape index (κ3) is 15.0. The molecule has 128 valence electrons. The summed E-state index contributed by atoms with van der Waals surface area (Å²) < 4.78 is 1.18. The van der Waals surface area contributed by atoms with Gasteiger partial charge in [-0.1, -0.05) is 72.8 Å². The van der Waals surface area contributed by atoms with Crippen molar-refractivity contribution in [2.75, 3.05) is 0 Å². The number of hydrogen-bond acceptors (Lipinski definition) is 0. The first-order valence-electron chi connectivity index (χ1n) is 7.13. The van der Waals surface area contributed by atoms with Crippen LogP contribution in [-0.4, -0.2) is 15.1 Å². The van der Waals surface area contributed by atoms with Gasteiger partial charge >= 0.3 is 37.9 Å². The van der Waals surface area contributed by atoms with Crippen molar-refractivity contribution in [3.8, 4) is 0 Å². The molecule has 0 unspecified atom stereocenters. The Labute approximate surface area is 171 Å². The predicted molar refractivity (Wildman–Crippen MR) is 110 cm³/mol. The van der Waals surface area contributed by atoms with Gasteiger partial charge in [0.2, 0.25) is 0 Å². The van der Waals surface area contributed by atoms with Crippen LogP contribution in [0.1, 0.15) is 31.9 Å². The number of benzene rings is 1. The fourth-order valence-corrected chi connectivity index (χ4v) is 2.01. The van der Waals surface area contributed by atoms with E-state index in [1.807, 2.05) is 20.8 Å². The van der Waals surface area contributed by atoms with Crippen molar-refractivity contribution < 1.29 is 20.8 Å². The van der Waals surface area contributed by atoms with E-state index in [4.69, 9.17) is 22.8 Å². The van der Waals surface area contributed by atoms with Crippen molar-refractivity contribution in [3.63, 3.8) is 0 Å². The van der Waals surface area contributed by atoms with E-state index in [2.05, 4.69) is 67.1 Å². The first kappa shape index (κ1) is 26.2. The minimum absolute atomic E-state index is 0.250. The summed E-state index contributed by atoms with van der Waals surface area (Å²) in [6.45, 7) is 14.2. The molecule has 2 aromatic rings. The normalized spacial score (nSPS) is 9.52. The Morgan fingerprint density at radius 1 is 1.13 bits per heavy atom. The van der Waals surface area contributed by atoms with E-state index in [1.54, 1.807) is 0 Å². The fourth-order valence-electron chi connectivity index (χ4n) is 1.56. The summed E-state index contributed by atoms with van der Waals surface area (Å²) in [5, 5.41) is 2.73. The average molecular weight is 515 g/mol. The van der Waals surface area contributed by atoms with Gasteiger partial charge in [-0.05, 0) is 6.92 Å². The summed E-state index contributed by atoms with van der Waals surface area (Å²) >= 11 is 2.67. The molecule has 0 fully saturated rings. The average Bonchev–Trinajstić information content (AvgIpc) is 2.77. The second-order valence-electron chi connectivity index (χ2n) is 6.02. The molecule has 0 heterocycles. The molecule has 2 aromatic carbocycles. The summed E-state index contributed by atoms with van der Waals surface area (Å²) in [4.78, 5) is 0. The zero-order valence-electron chi connectivity index (χ0n) is 14.9. The van der Waals surface area contributed by atoms with E-state index in [0.29, 0.717) is 0 Å². The molecule has 2 rings (SSSR count). The van der Waals surface area contributed by atoms with Crippen LogP contribution in [0.5, 0.6) is 0 Å². The second-order valence-corrected chi connectivity index (χ2v) is 11.7. The van der Waals surface area contributed by atoms with E-state index in [9.17, 15) is 0 Å². The molecule has 0 spiro atoms. The van der Waals surface area contributed by atoms with Crippen LogP contribution < -0.4 is 0 Å². The van der Waals surface area contributed by atoms with Crippen LogP contribution >= 0.6 is 33.0 Å². The molecule has 0 saturated heterocycles. The van der Waals surface area contributed by atoms with Gasteiger partial charge in [-0.25, -0.2) is 0 Å². The van der Waals surface area contributed by atoms with E-state index in [0.717, 1.165) is 9.52 Å². The Morgan fingerprint density at radius 3 is 1.83 bits per heavy atom. The zero-order valence-corrected chi connectivity index (χ0v) is 21.5. The molecular formula is C17H26BrCl2NSiZr. The molecule has 0 atom stereocenters. The Kier molecular flexibility index (Phi) is 16.1. The van der Waals surface area contributed by atoms with E-state index in [-0.39, 0.29) is 5.54 Å². The Hall–Kier alpha value is 0.950. The molecule has 0 aliphatic carbocycles. The quantitative estimate of drug-likeness (QED) is 0.252. The molecule has 6 heteroatoms. The second kappa shape index (κ2) is 14.2. The van der Waals surface area contributed by atoms with Gasteiger partial charge in [0.25, 0.3) is 0 Å². The van der Waals surface area contributed by atoms with Crippen LogP contribution in [0.15, 0.2) is 28.7 Å². The van der Waals surface area contributed by atoms with Crippen molar-refractivity contribution in [3.05, 3.63) is 45.6 Å². The van der Waals surface area contributed by atoms with Crippen LogP contribution in [0.4, 0.5) is 0 Å². The molecule has 0 aliphatic heterocycles. The number of nitrogens with one attached hydrogen (secondary N) is 1. The van der Waals surface area contributed by atoms with Gasteiger partial charge < -0.3 is 5.73 Å². The van der Waals surface area contributed by atoms with Crippen LogP contribution in [0.25, 0.3) is 16.5 Å². The predicted octanol–water partition coefficient (Wildman–Crippen LogP) is 7.94. The molecule has 2 radical (unpaired) electrons. The van der Waals surface area contributed by atoms with Crippen molar-refractivity contribution in [2.45, 2.75) is 53.3 Å². The Balaban J connectivity index is 0. The monoisotopic (exact) mass is 511 g/mol. The van der Waals surface area contributed by atoms with Gasteiger partial charge in [-0.2, -0.15) is 6.07 Å². The first-order valence-corrected chi connectivity index (χ1v) is 16.3. The standard InChI is InChI=1S/C11H10Br.C4H10N.C2H6Si.2ClH.Zr/c1-7-3-4-8(2)11-6-9(12)5-10(7)11;1-4(2,3)5;1-3-2;;;/h3-6H,1-2H3;5H,1-3H3;1-2H3;2*1H;/q2*-1;;;;+4/p-2. The van der Waals surface area contributed by atoms with E-state index >= 15 is 0 Å². The molecule has 0 aliphatic rings. The maximum absolute atomic E-state index is 6.94. The summed E-state index contributed by atoms with van der Waals surface area (Å²) in [7, 11) is 11.0. The SMILES string of the molecule is CC(C)(C)[NH-].C[Si]C.Cc1ccc(C)c2[cH-]c(Br)cc12.[Cl][Zr+2][Cl]. The zero-order chi connectivity index (χ0) is 18.6. The molecule has 1 nitrogen and oxygen atoms in total. The topological polar surface area (TPSA) is 23.8 Å². The van der Waals surface area contributed by atoms with Gasteiger partial charge in [-0.3, -0.25) is 0 Å². The van der Waals surface area contributed by atoms with Crippen LogP contribution in [-0.2, 0) is 20.8 Å². The van der Waals surface area contributed by atoms with Crippen LogP contribution in [0.3, 0.4) is 0 Å². The van der Waals surface area contributed by atoms with Gasteiger partial charge in [0, 0.05) is 9.52 Å². The van der Waals surface area contributed by atoms with E-state index in [1.165, 1.54) is 26.4 Å². The van der Waals surface area contributed by atoms with Crippen molar-refractivity contribution in [2.24, 2.45) is 0 Å². The summed E-state index contributed by atoms with van der Waals surface area (Å²) in [5.41, 5.74) is 9.38. The van der Waals surface area contributed by atoms with Gasteiger partial charge in [0.1, 0.15) is 0 Å². The molecule has 0 bridgehead atoms. The third-order valence-corrected chi connectivity index (χ3v) is 2.75. The number of aryl methyl sites for hydroxylation is 2.